The van der Waals surface area contributed by atoms with E-state index in [9.17, 15) is 4.79 Å². The van der Waals surface area contributed by atoms with Crippen molar-refractivity contribution < 1.29 is 4.79 Å². The van der Waals surface area contributed by atoms with Crippen molar-refractivity contribution in [3.8, 4) is 28.3 Å². The smallest absolute Gasteiger partial charge is 0.324 e. The van der Waals surface area contributed by atoms with Gasteiger partial charge in [-0.1, -0.05) is 42.5 Å². The van der Waals surface area contributed by atoms with Gasteiger partial charge in [0.1, 0.15) is 18.0 Å². The summed E-state index contributed by atoms with van der Waals surface area (Å²) in [6.07, 6.45) is 5.50. The highest BCUT2D eigenvalue weighted by Gasteiger charge is 2.12. The lowest BCUT2D eigenvalue weighted by Crippen LogP contribution is -2.20. The predicted octanol–water partition coefficient (Wildman–Crippen LogP) is 5.77. The Hall–Kier alpha value is -5.18. The number of aromatic amines is 1. The van der Waals surface area contributed by atoms with Gasteiger partial charge in [0.05, 0.1) is 16.9 Å². The number of hydrogen-bond donors (Lipinski definition) is 3. The number of carbonyl (C=O) groups excluding carboxylic acids is 1. The molecule has 0 bridgehead atoms. The van der Waals surface area contributed by atoms with Crippen LogP contribution in [-0.2, 0) is 7.05 Å². The van der Waals surface area contributed by atoms with Gasteiger partial charge in [0, 0.05) is 47.8 Å². The normalized spacial score (nSPS) is 11.1. The summed E-state index contributed by atoms with van der Waals surface area (Å²) in [5, 5.41) is 11.2. The molecule has 0 aliphatic heterocycles. The second-order valence-electron chi connectivity index (χ2n) is 8.76. The first kappa shape index (κ1) is 22.3. The molecule has 2 amide bonds. The molecule has 0 aliphatic carbocycles. The number of imidazole rings is 1. The van der Waals surface area contributed by atoms with Gasteiger partial charge < -0.3 is 10.3 Å². The minimum Gasteiger partial charge on any atom is -0.354 e. The van der Waals surface area contributed by atoms with Crippen LogP contribution >= 0.6 is 0 Å². The van der Waals surface area contributed by atoms with Crippen molar-refractivity contribution in [1.82, 2.24) is 29.3 Å². The van der Waals surface area contributed by atoms with Crippen molar-refractivity contribution >= 4 is 28.4 Å². The van der Waals surface area contributed by atoms with E-state index in [1.165, 1.54) is 0 Å². The van der Waals surface area contributed by atoms with Gasteiger partial charge in [0.25, 0.3) is 0 Å². The van der Waals surface area contributed by atoms with Gasteiger partial charge in [-0.05, 0) is 36.8 Å². The number of fused-ring (bicyclic) bond motifs is 1. The first-order valence-electron chi connectivity index (χ1n) is 11.8. The standard InChI is InChI=1S/C28H24N8O/c1-18-16-36(17-30-18)27-22-14-24(32-23(22)12-13-29-27)20-8-10-21(11-9-20)31-28(37)33-26-15-25(34-35(26)2)19-6-4-3-5-7-19/h3-17,32H,1-2H3,(H2,31,33,37). The number of carbonyl (C=O) groups is 1. The zero-order valence-electron chi connectivity index (χ0n) is 20.3. The van der Waals surface area contributed by atoms with Crippen LogP contribution in [0.25, 0.3) is 39.2 Å². The lowest BCUT2D eigenvalue weighted by atomic mass is 10.1. The van der Waals surface area contributed by atoms with E-state index in [1.807, 2.05) is 84.4 Å². The molecule has 0 unspecified atom stereocenters. The molecule has 4 heterocycles. The van der Waals surface area contributed by atoms with Crippen molar-refractivity contribution in [3.63, 3.8) is 0 Å². The van der Waals surface area contributed by atoms with E-state index in [0.717, 1.165) is 44.9 Å². The van der Waals surface area contributed by atoms with Crippen LogP contribution in [0.5, 0.6) is 0 Å². The summed E-state index contributed by atoms with van der Waals surface area (Å²) < 4.78 is 3.57. The summed E-state index contributed by atoms with van der Waals surface area (Å²) in [5.41, 5.74) is 6.33. The highest BCUT2D eigenvalue weighted by atomic mass is 16.2. The molecule has 0 fully saturated rings. The maximum Gasteiger partial charge on any atom is 0.324 e. The number of anilines is 2. The molecule has 6 rings (SSSR count). The van der Waals surface area contributed by atoms with E-state index >= 15 is 0 Å². The Morgan fingerprint density at radius 1 is 0.919 bits per heavy atom. The van der Waals surface area contributed by atoms with Crippen LogP contribution in [0.3, 0.4) is 0 Å². The zero-order valence-corrected chi connectivity index (χ0v) is 20.3. The number of aryl methyl sites for hydroxylation is 2. The van der Waals surface area contributed by atoms with E-state index in [4.69, 9.17) is 0 Å². The summed E-state index contributed by atoms with van der Waals surface area (Å²) in [5.74, 6) is 1.42. The number of H-pyrrole nitrogens is 1. The quantitative estimate of drug-likeness (QED) is 0.286. The summed E-state index contributed by atoms with van der Waals surface area (Å²) in [7, 11) is 1.80. The molecule has 2 aromatic carbocycles. The third-order valence-electron chi connectivity index (χ3n) is 6.13. The summed E-state index contributed by atoms with van der Waals surface area (Å²) in [6.45, 7) is 1.95. The average molecular weight is 489 g/mol. The minimum atomic E-state index is -0.340. The first-order valence-corrected chi connectivity index (χ1v) is 11.8. The van der Waals surface area contributed by atoms with Crippen LogP contribution in [0, 0.1) is 6.92 Å². The van der Waals surface area contributed by atoms with Gasteiger partial charge in [0.15, 0.2) is 0 Å². The molecule has 0 atom stereocenters. The Balaban J connectivity index is 1.17. The van der Waals surface area contributed by atoms with E-state index in [2.05, 4.69) is 36.8 Å². The van der Waals surface area contributed by atoms with Crippen LogP contribution in [0.15, 0.2) is 91.5 Å². The number of aromatic nitrogens is 6. The zero-order chi connectivity index (χ0) is 25.4. The maximum atomic E-state index is 12.6. The van der Waals surface area contributed by atoms with Crippen LogP contribution in [0.1, 0.15) is 5.69 Å². The third-order valence-corrected chi connectivity index (χ3v) is 6.13. The Morgan fingerprint density at radius 3 is 2.49 bits per heavy atom. The fraction of sp³-hybridized carbons (Fsp3) is 0.0714. The van der Waals surface area contributed by atoms with E-state index in [-0.39, 0.29) is 6.03 Å². The summed E-state index contributed by atoms with van der Waals surface area (Å²) in [6, 6.07) is 23.1. The van der Waals surface area contributed by atoms with Crippen LogP contribution in [-0.4, -0.2) is 35.3 Å². The molecule has 0 radical (unpaired) electrons. The average Bonchev–Trinajstić information content (AvgIpc) is 3.63. The summed E-state index contributed by atoms with van der Waals surface area (Å²) in [4.78, 5) is 25.0. The number of rotatable bonds is 5. The van der Waals surface area contributed by atoms with Crippen LogP contribution in [0.2, 0.25) is 0 Å². The van der Waals surface area contributed by atoms with Gasteiger partial charge >= 0.3 is 6.03 Å². The maximum absolute atomic E-state index is 12.6. The number of amides is 2. The van der Waals surface area contributed by atoms with Gasteiger partial charge in [-0.15, -0.1) is 0 Å². The van der Waals surface area contributed by atoms with Crippen molar-refractivity contribution in [2.24, 2.45) is 7.05 Å². The number of hydrogen-bond acceptors (Lipinski definition) is 4. The molecular weight excluding hydrogens is 464 g/mol. The molecule has 0 saturated carbocycles. The molecule has 9 heteroatoms. The van der Waals surface area contributed by atoms with E-state index < -0.39 is 0 Å². The number of benzene rings is 2. The molecule has 37 heavy (non-hydrogen) atoms. The van der Waals surface area contributed by atoms with Gasteiger partial charge in [0.2, 0.25) is 0 Å². The number of nitrogens with zero attached hydrogens (tertiary/aromatic N) is 5. The number of urea groups is 1. The highest BCUT2D eigenvalue weighted by molar-refractivity contribution is 5.99. The molecule has 9 nitrogen and oxygen atoms in total. The number of nitrogens with one attached hydrogen (secondary N) is 3. The second-order valence-corrected chi connectivity index (χ2v) is 8.76. The molecular formula is C28H24N8O. The van der Waals surface area contributed by atoms with Crippen molar-refractivity contribution in [3.05, 3.63) is 97.2 Å². The highest BCUT2D eigenvalue weighted by Crippen LogP contribution is 2.28. The Bertz CT molecular complexity index is 1710. The monoisotopic (exact) mass is 488 g/mol. The van der Waals surface area contributed by atoms with Gasteiger partial charge in [-0.25, -0.2) is 14.8 Å². The van der Waals surface area contributed by atoms with Crippen molar-refractivity contribution in [2.45, 2.75) is 6.92 Å². The Kier molecular flexibility index (Phi) is 5.49. The fourth-order valence-electron chi connectivity index (χ4n) is 4.28. The van der Waals surface area contributed by atoms with Crippen LogP contribution < -0.4 is 10.6 Å². The lowest BCUT2D eigenvalue weighted by molar-refractivity contribution is 0.262. The molecule has 182 valence electrons. The van der Waals surface area contributed by atoms with Crippen molar-refractivity contribution in [1.29, 1.82) is 0 Å². The van der Waals surface area contributed by atoms with Gasteiger partial charge in [-0.2, -0.15) is 5.10 Å². The largest absolute Gasteiger partial charge is 0.354 e. The molecule has 0 aliphatic rings. The van der Waals surface area contributed by atoms with Gasteiger partial charge in [-0.3, -0.25) is 14.6 Å². The van der Waals surface area contributed by atoms with Crippen molar-refractivity contribution in [2.75, 3.05) is 10.6 Å². The third kappa shape index (κ3) is 4.45. The molecule has 6 aromatic rings. The predicted molar refractivity (Wildman–Crippen MR) is 145 cm³/mol. The molecule has 3 N–H and O–H groups in total. The fourth-order valence-corrected chi connectivity index (χ4v) is 4.28. The first-order chi connectivity index (χ1) is 18.0. The topological polar surface area (TPSA) is 105 Å². The molecule has 4 aromatic heterocycles. The Labute approximate surface area is 212 Å². The van der Waals surface area contributed by atoms with E-state index in [0.29, 0.717) is 11.5 Å². The molecule has 0 saturated heterocycles. The summed E-state index contributed by atoms with van der Waals surface area (Å²) >= 11 is 0. The molecule has 0 spiro atoms. The van der Waals surface area contributed by atoms with E-state index in [1.54, 1.807) is 24.3 Å². The number of pyridine rings is 1. The van der Waals surface area contributed by atoms with Crippen LogP contribution in [0.4, 0.5) is 16.3 Å². The lowest BCUT2D eigenvalue weighted by Gasteiger charge is -2.08. The Morgan fingerprint density at radius 2 is 1.73 bits per heavy atom. The minimum absolute atomic E-state index is 0.340. The second kappa shape index (κ2) is 9.12. The SMILES string of the molecule is Cc1cn(-c2nccc3[nH]c(-c4ccc(NC(=O)Nc5cc(-c6ccccc6)nn5C)cc4)cc23)cn1.